The van der Waals surface area contributed by atoms with Crippen LogP contribution in [0.2, 0.25) is 0 Å². The first-order valence-electron chi connectivity index (χ1n) is 8.07. The van der Waals surface area contributed by atoms with E-state index in [1.165, 1.54) is 28.7 Å². The van der Waals surface area contributed by atoms with Crippen molar-refractivity contribution in [1.82, 2.24) is 9.78 Å². The molecule has 4 nitrogen and oxygen atoms in total. The van der Waals surface area contributed by atoms with Crippen LogP contribution in [0.15, 0.2) is 29.1 Å². The van der Waals surface area contributed by atoms with Crippen molar-refractivity contribution in [3.8, 4) is 11.3 Å². The van der Waals surface area contributed by atoms with Crippen LogP contribution in [0.3, 0.4) is 0 Å². The summed E-state index contributed by atoms with van der Waals surface area (Å²) in [5.74, 6) is 0. The Hall–Kier alpha value is -1.94. The van der Waals surface area contributed by atoms with Crippen LogP contribution in [0, 0.1) is 0 Å². The summed E-state index contributed by atoms with van der Waals surface area (Å²) >= 11 is 0. The van der Waals surface area contributed by atoms with Crippen molar-refractivity contribution in [1.29, 1.82) is 0 Å². The number of aromatic nitrogens is 2. The molecule has 3 rings (SSSR count). The van der Waals surface area contributed by atoms with E-state index in [0.29, 0.717) is 12.1 Å². The molecule has 116 valence electrons. The molecule has 0 unspecified atom stereocenters. The highest BCUT2D eigenvalue weighted by atomic mass is 16.3. The Bertz CT molecular complexity index is 734. The summed E-state index contributed by atoms with van der Waals surface area (Å²) in [5, 5.41) is 13.9. The van der Waals surface area contributed by atoms with Crippen molar-refractivity contribution in [2.45, 2.75) is 52.2 Å². The summed E-state index contributed by atoms with van der Waals surface area (Å²) < 4.78 is 1.47. The van der Waals surface area contributed by atoms with Gasteiger partial charge >= 0.3 is 0 Å². The van der Waals surface area contributed by atoms with Crippen molar-refractivity contribution in [2.24, 2.45) is 0 Å². The molecule has 0 saturated carbocycles. The van der Waals surface area contributed by atoms with Gasteiger partial charge in [0, 0.05) is 17.7 Å². The summed E-state index contributed by atoms with van der Waals surface area (Å²) in [6, 6.07) is 8.17. The zero-order valence-electron chi connectivity index (χ0n) is 13.0. The largest absolute Gasteiger partial charge is 0.391 e. The lowest BCUT2D eigenvalue weighted by molar-refractivity contribution is 0.278. The fourth-order valence-corrected chi connectivity index (χ4v) is 3.11. The molecule has 1 aromatic heterocycles. The maximum absolute atomic E-state index is 12.1. The number of rotatable bonds is 4. The molecule has 0 spiro atoms. The summed E-state index contributed by atoms with van der Waals surface area (Å²) in [7, 11) is 0. The van der Waals surface area contributed by atoms with Gasteiger partial charge in [0.25, 0.3) is 5.56 Å². The van der Waals surface area contributed by atoms with Gasteiger partial charge in [0.1, 0.15) is 0 Å². The molecule has 0 bridgehead atoms. The van der Waals surface area contributed by atoms with E-state index in [2.05, 4.69) is 23.3 Å². The smallest absolute Gasteiger partial charge is 0.272 e. The van der Waals surface area contributed by atoms with Crippen LogP contribution in [0.5, 0.6) is 0 Å². The predicted octanol–water partition coefficient (Wildman–Crippen LogP) is 2.69. The Morgan fingerprint density at radius 3 is 2.68 bits per heavy atom. The second-order valence-corrected chi connectivity index (χ2v) is 5.93. The maximum Gasteiger partial charge on any atom is 0.272 e. The third kappa shape index (κ3) is 2.83. The molecule has 0 aliphatic heterocycles. The van der Waals surface area contributed by atoms with Crippen molar-refractivity contribution in [3.05, 3.63) is 51.3 Å². The van der Waals surface area contributed by atoms with E-state index in [0.717, 1.165) is 30.5 Å². The first kappa shape index (κ1) is 15.0. The molecule has 1 heterocycles. The Morgan fingerprint density at radius 1 is 1.18 bits per heavy atom. The number of fused-ring (bicyclic) bond motifs is 1. The normalized spacial score (nSPS) is 13.9. The second-order valence-electron chi connectivity index (χ2n) is 5.93. The van der Waals surface area contributed by atoms with E-state index in [1.54, 1.807) is 6.07 Å². The number of benzene rings is 1. The second kappa shape index (κ2) is 6.44. The van der Waals surface area contributed by atoms with E-state index in [9.17, 15) is 9.90 Å². The molecule has 0 saturated heterocycles. The Balaban J connectivity index is 2.07. The molecule has 22 heavy (non-hydrogen) atoms. The number of aryl methyl sites for hydroxylation is 3. The minimum atomic E-state index is -0.247. The average molecular weight is 298 g/mol. The van der Waals surface area contributed by atoms with Crippen molar-refractivity contribution < 1.29 is 5.11 Å². The van der Waals surface area contributed by atoms with E-state index in [-0.39, 0.29) is 12.2 Å². The molecule has 2 aromatic rings. The molecule has 1 N–H and O–H groups in total. The van der Waals surface area contributed by atoms with Crippen LogP contribution in [0.25, 0.3) is 11.3 Å². The molecule has 1 aromatic carbocycles. The van der Waals surface area contributed by atoms with Crippen LogP contribution < -0.4 is 5.56 Å². The highest BCUT2D eigenvalue weighted by Crippen LogP contribution is 2.26. The third-order valence-electron chi connectivity index (χ3n) is 4.30. The predicted molar refractivity (Wildman–Crippen MR) is 86.8 cm³/mol. The lowest BCUT2D eigenvalue weighted by Crippen LogP contribution is -2.26. The fourth-order valence-electron chi connectivity index (χ4n) is 3.11. The highest BCUT2D eigenvalue weighted by molar-refractivity contribution is 5.61. The zero-order chi connectivity index (χ0) is 15.5. The number of aliphatic hydroxyl groups is 1. The molecular formula is C18H22N2O2. The minimum Gasteiger partial charge on any atom is -0.391 e. The minimum absolute atomic E-state index is 0.189. The molecule has 1 aliphatic carbocycles. The van der Waals surface area contributed by atoms with Crippen LogP contribution >= 0.6 is 0 Å². The first-order valence-corrected chi connectivity index (χ1v) is 8.07. The molecule has 0 radical (unpaired) electrons. The fraction of sp³-hybridized carbons (Fsp3) is 0.444. The topological polar surface area (TPSA) is 55.1 Å². The van der Waals surface area contributed by atoms with Gasteiger partial charge in [-0.15, -0.1) is 0 Å². The van der Waals surface area contributed by atoms with Gasteiger partial charge in [-0.2, -0.15) is 5.10 Å². The molecule has 1 aliphatic rings. The molecule has 0 atom stereocenters. The molecule has 0 amide bonds. The Morgan fingerprint density at radius 2 is 1.95 bits per heavy atom. The summed E-state index contributed by atoms with van der Waals surface area (Å²) in [6.07, 6.45) is 5.61. The molecule has 0 fully saturated rings. The van der Waals surface area contributed by atoms with Crippen molar-refractivity contribution in [2.75, 3.05) is 0 Å². The zero-order valence-corrected chi connectivity index (χ0v) is 13.0. The van der Waals surface area contributed by atoms with Crippen molar-refractivity contribution >= 4 is 0 Å². The van der Waals surface area contributed by atoms with Crippen LogP contribution in [-0.4, -0.2) is 14.9 Å². The SMILES string of the molecule is CCCn1nc(-c2ccc3c(c2)CCCC3)cc(CO)c1=O. The quantitative estimate of drug-likeness (QED) is 0.944. The molecule has 4 heteroatoms. The maximum atomic E-state index is 12.1. The van der Waals surface area contributed by atoms with Gasteiger partial charge < -0.3 is 5.11 Å². The standard InChI is InChI=1S/C18H22N2O2/c1-2-9-20-18(22)16(12-21)11-17(19-20)15-8-7-13-5-3-4-6-14(13)10-15/h7-8,10-11,21H,2-6,9,12H2,1H3. The molecular weight excluding hydrogens is 276 g/mol. The van der Waals surface area contributed by atoms with Gasteiger partial charge in [0.05, 0.1) is 12.3 Å². The summed E-state index contributed by atoms with van der Waals surface area (Å²) in [5.41, 5.74) is 4.84. The number of aliphatic hydroxyl groups excluding tert-OH is 1. The van der Waals surface area contributed by atoms with Gasteiger partial charge in [-0.3, -0.25) is 4.79 Å². The van der Waals surface area contributed by atoms with Crippen LogP contribution in [0.1, 0.15) is 42.9 Å². The van der Waals surface area contributed by atoms with E-state index in [1.807, 2.05) is 6.92 Å². The lowest BCUT2D eigenvalue weighted by atomic mass is 9.90. The summed E-state index contributed by atoms with van der Waals surface area (Å²) in [6.45, 7) is 2.34. The van der Waals surface area contributed by atoms with Gasteiger partial charge in [0.2, 0.25) is 0 Å². The van der Waals surface area contributed by atoms with E-state index >= 15 is 0 Å². The Kier molecular flexibility index (Phi) is 4.39. The third-order valence-corrected chi connectivity index (χ3v) is 4.30. The van der Waals surface area contributed by atoms with Crippen molar-refractivity contribution in [3.63, 3.8) is 0 Å². The van der Waals surface area contributed by atoms with Crippen LogP contribution in [-0.2, 0) is 26.0 Å². The van der Waals surface area contributed by atoms with Crippen LogP contribution in [0.4, 0.5) is 0 Å². The summed E-state index contributed by atoms with van der Waals surface area (Å²) in [4.78, 5) is 12.1. The van der Waals surface area contributed by atoms with Gasteiger partial charge in [-0.1, -0.05) is 19.1 Å². The van der Waals surface area contributed by atoms with E-state index < -0.39 is 0 Å². The number of hydrogen-bond acceptors (Lipinski definition) is 3. The Labute approximate surface area is 130 Å². The van der Waals surface area contributed by atoms with E-state index in [4.69, 9.17) is 0 Å². The highest BCUT2D eigenvalue weighted by Gasteiger charge is 2.13. The number of hydrogen-bond donors (Lipinski definition) is 1. The van der Waals surface area contributed by atoms with Gasteiger partial charge in [-0.25, -0.2) is 4.68 Å². The van der Waals surface area contributed by atoms with Gasteiger partial charge in [-0.05, 0) is 55.4 Å². The monoisotopic (exact) mass is 298 g/mol. The first-order chi connectivity index (χ1) is 10.7. The van der Waals surface area contributed by atoms with Gasteiger partial charge in [0.15, 0.2) is 0 Å². The lowest BCUT2D eigenvalue weighted by Gasteiger charge is -2.17. The average Bonchev–Trinajstić information content (AvgIpc) is 2.56. The number of nitrogens with zero attached hydrogens (tertiary/aromatic N) is 2.